The van der Waals surface area contributed by atoms with Crippen molar-refractivity contribution in [2.24, 2.45) is 0 Å². The van der Waals surface area contributed by atoms with Gasteiger partial charge in [0.2, 0.25) is 0 Å². The smallest absolute Gasteiger partial charge is 0.465 e. The monoisotopic (exact) mass is 564 g/mol. The molecule has 0 aliphatic heterocycles. The van der Waals surface area contributed by atoms with Crippen LogP contribution in [-0.4, -0.2) is 30.9 Å². The van der Waals surface area contributed by atoms with Gasteiger partial charge >= 0.3 is 18.7 Å². The van der Waals surface area contributed by atoms with Crippen LogP contribution in [-0.2, 0) is 11.3 Å². The highest BCUT2D eigenvalue weighted by Crippen LogP contribution is 2.36. The van der Waals surface area contributed by atoms with Crippen LogP contribution in [0.25, 0.3) is 22.3 Å². The molecule has 0 aliphatic carbocycles. The first kappa shape index (κ1) is 30.0. The summed E-state index contributed by atoms with van der Waals surface area (Å²) in [5.74, 6) is -1.50. The number of rotatable bonds is 6. The van der Waals surface area contributed by atoms with Crippen molar-refractivity contribution in [2.45, 2.75) is 19.3 Å². The Balaban J connectivity index is 0.000000222. The lowest BCUT2D eigenvalue weighted by Gasteiger charge is -2.14. The summed E-state index contributed by atoms with van der Waals surface area (Å²) in [6.45, 7) is -0.344. The van der Waals surface area contributed by atoms with Crippen molar-refractivity contribution in [3.63, 3.8) is 0 Å². The predicted molar refractivity (Wildman–Crippen MR) is 134 cm³/mol. The minimum absolute atomic E-state index is 0.0172. The Bertz CT molecular complexity index is 1400. The highest BCUT2D eigenvalue weighted by atomic mass is 19.4. The molecule has 0 radical (unpaired) electrons. The number of carbonyl (C=O) groups excluding carboxylic acids is 1. The molecule has 0 spiro atoms. The van der Waals surface area contributed by atoms with Crippen molar-refractivity contribution < 1.29 is 50.5 Å². The first-order valence-electron chi connectivity index (χ1n) is 11.5. The molecule has 40 heavy (non-hydrogen) atoms. The number of aliphatic hydroxyl groups is 1. The van der Waals surface area contributed by atoms with Crippen LogP contribution in [0.1, 0.15) is 15.9 Å². The topological polar surface area (TPSA) is 65.0 Å². The van der Waals surface area contributed by atoms with Gasteiger partial charge in [-0.05, 0) is 41.0 Å². The number of carbonyl (C=O) groups is 1. The summed E-state index contributed by atoms with van der Waals surface area (Å²) in [6.07, 6.45) is -9.62. The van der Waals surface area contributed by atoms with Gasteiger partial charge in [-0.2, -0.15) is 0 Å². The third-order valence-corrected chi connectivity index (χ3v) is 5.25. The first-order valence-corrected chi connectivity index (χ1v) is 11.5. The van der Waals surface area contributed by atoms with E-state index >= 15 is 0 Å². The summed E-state index contributed by atoms with van der Waals surface area (Å²) in [6, 6.07) is 25.1. The van der Waals surface area contributed by atoms with Crippen molar-refractivity contribution >= 4 is 5.97 Å². The molecule has 0 bridgehead atoms. The van der Waals surface area contributed by atoms with E-state index in [9.17, 15) is 31.1 Å². The van der Waals surface area contributed by atoms with Crippen LogP contribution in [0.2, 0.25) is 0 Å². The van der Waals surface area contributed by atoms with E-state index in [-0.39, 0.29) is 23.5 Å². The van der Waals surface area contributed by atoms with Gasteiger partial charge in [0.25, 0.3) is 0 Å². The van der Waals surface area contributed by atoms with Crippen LogP contribution in [0, 0.1) is 0 Å². The van der Waals surface area contributed by atoms with Gasteiger partial charge in [-0.25, -0.2) is 4.79 Å². The molecule has 11 heteroatoms. The fraction of sp³-hybridized carbons (Fsp3) is 0.138. The summed E-state index contributed by atoms with van der Waals surface area (Å²) in [5, 5.41) is 8.99. The second-order valence-corrected chi connectivity index (χ2v) is 8.02. The molecular formula is C29H22F6O5. The Morgan fingerprint density at radius 2 is 1.12 bits per heavy atom. The number of esters is 1. The Morgan fingerprint density at radius 1 is 0.675 bits per heavy atom. The fourth-order valence-electron chi connectivity index (χ4n) is 3.56. The van der Waals surface area contributed by atoms with Crippen molar-refractivity contribution in [3.05, 3.63) is 108 Å². The summed E-state index contributed by atoms with van der Waals surface area (Å²) < 4.78 is 87.2. The lowest BCUT2D eigenvalue weighted by atomic mass is 10.0. The summed E-state index contributed by atoms with van der Waals surface area (Å²) in [5.41, 5.74) is 2.07. The second kappa shape index (κ2) is 13.0. The normalized spacial score (nSPS) is 11.2. The number of methoxy groups -OCH3 is 1. The highest BCUT2D eigenvalue weighted by molar-refractivity contribution is 5.91. The zero-order valence-corrected chi connectivity index (χ0v) is 20.8. The van der Waals surface area contributed by atoms with Crippen molar-refractivity contribution in [1.82, 2.24) is 0 Å². The molecule has 0 saturated heterocycles. The quantitative estimate of drug-likeness (QED) is 0.191. The number of benzene rings is 4. The average molecular weight is 564 g/mol. The van der Waals surface area contributed by atoms with E-state index in [1.165, 1.54) is 24.3 Å². The van der Waals surface area contributed by atoms with Crippen molar-refractivity contribution in [3.8, 4) is 33.8 Å². The maximum atomic E-state index is 12.5. The molecule has 4 aromatic rings. The Morgan fingerprint density at radius 3 is 1.55 bits per heavy atom. The first-order chi connectivity index (χ1) is 18.9. The fourth-order valence-corrected chi connectivity index (χ4v) is 3.56. The van der Waals surface area contributed by atoms with Crippen LogP contribution in [0.5, 0.6) is 11.5 Å². The van der Waals surface area contributed by atoms with Gasteiger partial charge in [0.1, 0.15) is 11.5 Å². The van der Waals surface area contributed by atoms with Crippen LogP contribution in [0.4, 0.5) is 26.3 Å². The van der Waals surface area contributed by atoms with Gasteiger partial charge in [-0.3, -0.25) is 0 Å². The minimum atomic E-state index is -4.85. The molecule has 1 N–H and O–H groups in total. The molecule has 0 amide bonds. The van der Waals surface area contributed by atoms with Crippen molar-refractivity contribution in [1.29, 1.82) is 0 Å². The second-order valence-electron chi connectivity index (χ2n) is 8.02. The van der Waals surface area contributed by atoms with Gasteiger partial charge < -0.3 is 19.3 Å². The predicted octanol–water partition coefficient (Wildman–Crippen LogP) is 7.78. The number of ether oxygens (including phenoxy) is 3. The lowest BCUT2D eigenvalue weighted by Crippen LogP contribution is -2.18. The van der Waals surface area contributed by atoms with E-state index in [2.05, 4.69) is 14.2 Å². The number of halogens is 6. The molecule has 0 unspecified atom stereocenters. The molecule has 0 fully saturated rings. The van der Waals surface area contributed by atoms with Crippen molar-refractivity contribution in [2.75, 3.05) is 7.11 Å². The molecule has 0 saturated carbocycles. The Labute approximate surface area is 225 Å². The van der Waals surface area contributed by atoms with Gasteiger partial charge in [0.15, 0.2) is 0 Å². The standard InChI is InChI=1S/C15H11F3O3.C14H11F3O2/c1-20-14(19)11-7-8-12(10-5-3-2-4-6-10)13(9-11)21-15(16,17)18;15-14(16,17)19-13-8-10(9-18)6-7-12(13)11-4-2-1-3-5-11/h2-9H,1H3;1-8,18H,9H2. The molecule has 0 aromatic heterocycles. The van der Waals surface area contributed by atoms with Gasteiger partial charge in [0.05, 0.1) is 19.3 Å². The maximum absolute atomic E-state index is 12.5. The van der Waals surface area contributed by atoms with E-state index in [0.29, 0.717) is 22.3 Å². The SMILES string of the molecule is COC(=O)c1ccc(-c2ccccc2)c(OC(F)(F)F)c1.OCc1ccc(-c2ccccc2)c(OC(F)(F)F)c1. The molecule has 0 aliphatic rings. The van der Waals surface area contributed by atoms with Crippen LogP contribution in [0.15, 0.2) is 97.1 Å². The van der Waals surface area contributed by atoms with Crippen LogP contribution >= 0.6 is 0 Å². The number of hydrogen-bond donors (Lipinski definition) is 1. The minimum Gasteiger partial charge on any atom is -0.465 e. The number of aliphatic hydroxyl groups excluding tert-OH is 1. The molecule has 210 valence electrons. The van der Waals surface area contributed by atoms with Gasteiger partial charge in [0, 0.05) is 11.1 Å². The summed E-state index contributed by atoms with van der Waals surface area (Å²) in [7, 11) is 1.15. The van der Waals surface area contributed by atoms with Crippen LogP contribution < -0.4 is 9.47 Å². The Hall–Kier alpha value is -4.51. The Kier molecular flexibility index (Phi) is 9.78. The van der Waals surface area contributed by atoms with E-state index in [0.717, 1.165) is 13.2 Å². The molecular weight excluding hydrogens is 542 g/mol. The van der Waals surface area contributed by atoms with E-state index < -0.39 is 24.4 Å². The highest BCUT2D eigenvalue weighted by Gasteiger charge is 2.33. The number of alkyl halides is 6. The van der Waals surface area contributed by atoms with Gasteiger partial charge in [-0.1, -0.05) is 72.8 Å². The van der Waals surface area contributed by atoms with Crippen LogP contribution in [0.3, 0.4) is 0 Å². The molecule has 4 rings (SSSR count). The van der Waals surface area contributed by atoms with Gasteiger partial charge in [-0.15, -0.1) is 26.3 Å². The molecule has 4 aromatic carbocycles. The summed E-state index contributed by atoms with van der Waals surface area (Å²) in [4.78, 5) is 11.4. The third kappa shape index (κ3) is 8.77. The molecule has 5 nitrogen and oxygen atoms in total. The van der Waals surface area contributed by atoms with E-state index in [1.807, 2.05) is 0 Å². The largest absolute Gasteiger partial charge is 0.573 e. The van der Waals surface area contributed by atoms with E-state index in [4.69, 9.17) is 5.11 Å². The zero-order valence-electron chi connectivity index (χ0n) is 20.8. The molecule has 0 atom stereocenters. The zero-order chi connectivity index (χ0) is 29.3. The number of hydrogen-bond acceptors (Lipinski definition) is 5. The lowest BCUT2D eigenvalue weighted by molar-refractivity contribution is -0.275. The third-order valence-electron chi connectivity index (χ3n) is 5.25. The summed E-state index contributed by atoms with van der Waals surface area (Å²) >= 11 is 0. The average Bonchev–Trinajstić information content (AvgIpc) is 2.92. The van der Waals surface area contributed by atoms with E-state index in [1.54, 1.807) is 66.7 Å². The maximum Gasteiger partial charge on any atom is 0.573 e. The molecule has 0 heterocycles.